The van der Waals surface area contributed by atoms with Gasteiger partial charge in [0.1, 0.15) is 5.75 Å². The van der Waals surface area contributed by atoms with E-state index in [9.17, 15) is 15.0 Å². The molecule has 0 aliphatic carbocycles. The zero-order valence-corrected chi connectivity index (χ0v) is 14.3. The normalized spacial score (nSPS) is 26.6. The van der Waals surface area contributed by atoms with Gasteiger partial charge in [-0.2, -0.15) is 0 Å². The molecule has 0 bridgehead atoms. The van der Waals surface area contributed by atoms with Gasteiger partial charge in [-0.3, -0.25) is 4.79 Å². The quantitative estimate of drug-likeness (QED) is 0.884. The Hall–Kier alpha value is -1.59. The van der Waals surface area contributed by atoms with E-state index in [1.165, 1.54) is 0 Å². The van der Waals surface area contributed by atoms with Crippen molar-refractivity contribution in [2.45, 2.75) is 45.1 Å². The van der Waals surface area contributed by atoms with Crippen molar-refractivity contribution in [3.63, 3.8) is 0 Å². The molecule has 0 unspecified atom stereocenters. The number of benzene rings is 1. The number of aryl methyl sites for hydroxylation is 1. The standard InChI is InChI=1S/C19H27NO4/c1-2-8-19(13-21)12-20(9-7-17(19)22)18(23)15-5-6-16-14(11-15)4-3-10-24-16/h5-6,11,17,21-22H,2-4,7-10,12-13H2,1H3/t17-,19-/m0/s1. The Labute approximate surface area is 143 Å². The third-order valence-electron chi connectivity index (χ3n) is 5.39. The summed E-state index contributed by atoms with van der Waals surface area (Å²) in [6.45, 7) is 3.61. The number of aliphatic hydroxyl groups excluding tert-OH is 2. The number of ether oxygens (including phenoxy) is 1. The van der Waals surface area contributed by atoms with Crippen LogP contribution in [0.4, 0.5) is 0 Å². The van der Waals surface area contributed by atoms with Gasteiger partial charge in [0.15, 0.2) is 0 Å². The number of carbonyl (C=O) groups excluding carboxylic acids is 1. The molecule has 0 radical (unpaired) electrons. The van der Waals surface area contributed by atoms with Crippen LogP contribution in [0.3, 0.4) is 0 Å². The number of fused-ring (bicyclic) bond motifs is 1. The number of carbonyl (C=O) groups is 1. The Morgan fingerprint density at radius 3 is 3.04 bits per heavy atom. The molecule has 5 heteroatoms. The van der Waals surface area contributed by atoms with E-state index in [0.717, 1.165) is 37.2 Å². The Kier molecular flexibility index (Phi) is 5.11. The van der Waals surface area contributed by atoms with Gasteiger partial charge in [-0.15, -0.1) is 0 Å². The van der Waals surface area contributed by atoms with Crippen molar-refractivity contribution in [1.82, 2.24) is 4.90 Å². The average Bonchev–Trinajstić information content (AvgIpc) is 2.62. The van der Waals surface area contributed by atoms with Crippen LogP contribution in [0, 0.1) is 5.41 Å². The summed E-state index contributed by atoms with van der Waals surface area (Å²) in [7, 11) is 0. The van der Waals surface area contributed by atoms with Gasteiger partial charge in [0.25, 0.3) is 5.91 Å². The maximum Gasteiger partial charge on any atom is 0.253 e. The number of nitrogens with zero attached hydrogens (tertiary/aromatic N) is 1. The molecule has 2 N–H and O–H groups in total. The second-order valence-electron chi connectivity index (χ2n) is 7.08. The van der Waals surface area contributed by atoms with Crippen molar-refractivity contribution in [2.24, 2.45) is 5.41 Å². The highest BCUT2D eigenvalue weighted by Gasteiger charge is 2.43. The molecule has 1 saturated heterocycles. The monoisotopic (exact) mass is 333 g/mol. The van der Waals surface area contributed by atoms with E-state index >= 15 is 0 Å². The molecule has 0 saturated carbocycles. The molecule has 2 aliphatic heterocycles. The van der Waals surface area contributed by atoms with Crippen LogP contribution in [0.25, 0.3) is 0 Å². The highest BCUT2D eigenvalue weighted by atomic mass is 16.5. The van der Waals surface area contributed by atoms with E-state index < -0.39 is 11.5 Å². The lowest BCUT2D eigenvalue weighted by atomic mass is 9.74. The Morgan fingerprint density at radius 1 is 1.46 bits per heavy atom. The van der Waals surface area contributed by atoms with E-state index in [-0.39, 0.29) is 12.5 Å². The van der Waals surface area contributed by atoms with E-state index in [4.69, 9.17) is 4.74 Å². The topological polar surface area (TPSA) is 70.0 Å². The van der Waals surface area contributed by atoms with Gasteiger partial charge < -0.3 is 19.8 Å². The van der Waals surface area contributed by atoms with Gasteiger partial charge >= 0.3 is 0 Å². The highest BCUT2D eigenvalue weighted by Crippen LogP contribution is 2.35. The predicted molar refractivity (Wildman–Crippen MR) is 91.2 cm³/mol. The zero-order chi connectivity index (χ0) is 17.2. The molecule has 132 valence electrons. The molecule has 3 rings (SSSR count). The zero-order valence-electron chi connectivity index (χ0n) is 14.3. The van der Waals surface area contributed by atoms with Gasteiger partial charge in [0.05, 0.1) is 19.3 Å². The summed E-state index contributed by atoms with van der Waals surface area (Å²) in [6.07, 6.45) is 3.46. The Morgan fingerprint density at radius 2 is 2.29 bits per heavy atom. The van der Waals surface area contributed by atoms with E-state index in [1.54, 1.807) is 4.90 Å². The third kappa shape index (κ3) is 3.15. The van der Waals surface area contributed by atoms with E-state index in [1.807, 2.05) is 25.1 Å². The summed E-state index contributed by atoms with van der Waals surface area (Å²) in [5, 5.41) is 20.2. The van der Waals surface area contributed by atoms with Crippen LogP contribution in [-0.2, 0) is 6.42 Å². The molecule has 1 aromatic carbocycles. The minimum absolute atomic E-state index is 0.0239. The van der Waals surface area contributed by atoms with E-state index in [0.29, 0.717) is 31.5 Å². The molecule has 0 aromatic heterocycles. The second-order valence-corrected chi connectivity index (χ2v) is 7.08. The molecule has 1 amide bonds. The summed E-state index contributed by atoms with van der Waals surface area (Å²) < 4.78 is 5.61. The maximum absolute atomic E-state index is 12.9. The lowest BCUT2D eigenvalue weighted by Crippen LogP contribution is -2.55. The predicted octanol–water partition coefficient (Wildman–Crippen LogP) is 2.00. The van der Waals surface area contributed by atoms with Crippen molar-refractivity contribution in [2.75, 3.05) is 26.3 Å². The molecule has 2 heterocycles. The molecule has 0 spiro atoms. The molecule has 5 nitrogen and oxygen atoms in total. The first-order valence-electron chi connectivity index (χ1n) is 8.93. The molecule has 2 aliphatic rings. The maximum atomic E-state index is 12.9. The number of hydrogen-bond donors (Lipinski definition) is 2. The van der Waals surface area contributed by atoms with Crippen LogP contribution in [-0.4, -0.2) is 53.4 Å². The van der Waals surface area contributed by atoms with Gasteiger partial charge in [-0.25, -0.2) is 0 Å². The number of likely N-dealkylation sites (tertiary alicyclic amines) is 1. The fourth-order valence-corrected chi connectivity index (χ4v) is 3.98. The van der Waals surface area contributed by atoms with Crippen molar-refractivity contribution >= 4 is 5.91 Å². The first-order chi connectivity index (χ1) is 11.6. The van der Waals surface area contributed by atoms with Crippen LogP contribution in [0.1, 0.15) is 48.5 Å². The summed E-state index contributed by atoms with van der Waals surface area (Å²) in [5.41, 5.74) is 1.16. The van der Waals surface area contributed by atoms with Crippen LogP contribution >= 0.6 is 0 Å². The van der Waals surface area contributed by atoms with E-state index in [2.05, 4.69) is 0 Å². The molecular weight excluding hydrogens is 306 g/mol. The van der Waals surface area contributed by atoms with Crippen molar-refractivity contribution in [3.05, 3.63) is 29.3 Å². The Balaban J connectivity index is 1.79. The van der Waals surface area contributed by atoms with Crippen LogP contribution in [0.2, 0.25) is 0 Å². The molecule has 1 aromatic rings. The largest absolute Gasteiger partial charge is 0.493 e. The first-order valence-corrected chi connectivity index (χ1v) is 8.93. The average molecular weight is 333 g/mol. The number of rotatable bonds is 4. The van der Waals surface area contributed by atoms with Gasteiger partial charge in [-0.1, -0.05) is 13.3 Å². The minimum atomic E-state index is -0.597. The lowest BCUT2D eigenvalue weighted by molar-refractivity contribution is -0.0720. The summed E-state index contributed by atoms with van der Waals surface area (Å²) in [6, 6.07) is 5.63. The van der Waals surface area contributed by atoms with Crippen molar-refractivity contribution < 1.29 is 19.7 Å². The first kappa shape index (κ1) is 17.2. The van der Waals surface area contributed by atoms with Crippen LogP contribution in [0.5, 0.6) is 5.75 Å². The number of amides is 1. The lowest BCUT2D eigenvalue weighted by Gasteiger charge is -2.45. The second kappa shape index (κ2) is 7.11. The van der Waals surface area contributed by atoms with Gasteiger partial charge in [0, 0.05) is 24.1 Å². The summed E-state index contributed by atoms with van der Waals surface area (Å²) >= 11 is 0. The molecule has 2 atom stereocenters. The fourth-order valence-electron chi connectivity index (χ4n) is 3.98. The molecule has 24 heavy (non-hydrogen) atoms. The van der Waals surface area contributed by atoms with Crippen molar-refractivity contribution in [3.8, 4) is 5.75 Å². The summed E-state index contributed by atoms with van der Waals surface area (Å²) in [5.74, 6) is 0.853. The van der Waals surface area contributed by atoms with Crippen molar-refractivity contribution in [1.29, 1.82) is 0 Å². The summed E-state index contributed by atoms with van der Waals surface area (Å²) in [4.78, 5) is 14.7. The number of aliphatic hydroxyl groups is 2. The SMILES string of the molecule is CCC[C@@]1(CO)CN(C(=O)c2ccc3c(c2)CCCO3)CC[C@@H]1O. The third-order valence-corrected chi connectivity index (χ3v) is 5.39. The number of hydrogen-bond acceptors (Lipinski definition) is 4. The number of piperidine rings is 1. The van der Waals surface area contributed by atoms with Crippen LogP contribution < -0.4 is 4.74 Å². The molecule has 1 fully saturated rings. The Bertz CT molecular complexity index is 603. The van der Waals surface area contributed by atoms with Gasteiger partial charge in [-0.05, 0) is 49.4 Å². The smallest absolute Gasteiger partial charge is 0.253 e. The van der Waals surface area contributed by atoms with Gasteiger partial charge in [0.2, 0.25) is 0 Å². The minimum Gasteiger partial charge on any atom is -0.493 e. The molecular formula is C19H27NO4. The van der Waals surface area contributed by atoms with Crippen LogP contribution in [0.15, 0.2) is 18.2 Å². The highest BCUT2D eigenvalue weighted by molar-refractivity contribution is 5.94. The fraction of sp³-hybridized carbons (Fsp3) is 0.632.